The molecule has 3 heterocycles. The number of anilines is 1. The SMILES string of the molecule is BrCCCC1CCCN1c1ncc2ccsc2n1. The van der Waals surface area contributed by atoms with Crippen molar-refractivity contribution in [3.05, 3.63) is 17.6 Å². The molecule has 96 valence electrons. The maximum atomic E-state index is 4.70. The van der Waals surface area contributed by atoms with Gasteiger partial charge in [-0.2, -0.15) is 0 Å². The molecule has 0 spiro atoms. The summed E-state index contributed by atoms with van der Waals surface area (Å²) in [6.45, 7) is 1.10. The van der Waals surface area contributed by atoms with Gasteiger partial charge in [0.2, 0.25) is 5.95 Å². The van der Waals surface area contributed by atoms with Crippen molar-refractivity contribution < 1.29 is 0 Å². The van der Waals surface area contributed by atoms with Crippen molar-refractivity contribution in [3.63, 3.8) is 0 Å². The summed E-state index contributed by atoms with van der Waals surface area (Å²) in [7, 11) is 0. The Morgan fingerprint density at radius 1 is 1.50 bits per heavy atom. The molecular weight excluding hydrogens is 310 g/mol. The molecule has 1 aliphatic rings. The summed E-state index contributed by atoms with van der Waals surface area (Å²) >= 11 is 5.21. The zero-order chi connectivity index (χ0) is 12.4. The Morgan fingerprint density at radius 2 is 2.44 bits per heavy atom. The number of hydrogen-bond donors (Lipinski definition) is 0. The van der Waals surface area contributed by atoms with Crippen LogP contribution >= 0.6 is 27.3 Å². The molecule has 1 saturated heterocycles. The van der Waals surface area contributed by atoms with E-state index in [2.05, 4.69) is 37.3 Å². The van der Waals surface area contributed by atoms with E-state index in [9.17, 15) is 0 Å². The smallest absolute Gasteiger partial charge is 0.226 e. The summed E-state index contributed by atoms with van der Waals surface area (Å²) in [5, 5.41) is 4.32. The molecular formula is C13H16BrN3S. The van der Waals surface area contributed by atoms with Crippen molar-refractivity contribution >= 4 is 43.4 Å². The summed E-state index contributed by atoms with van der Waals surface area (Å²) in [5.41, 5.74) is 0. The molecule has 0 N–H and O–H groups in total. The van der Waals surface area contributed by atoms with E-state index in [-0.39, 0.29) is 0 Å². The number of halogens is 1. The minimum atomic E-state index is 0.625. The van der Waals surface area contributed by atoms with E-state index in [1.807, 2.05) is 6.20 Å². The zero-order valence-corrected chi connectivity index (χ0v) is 12.6. The topological polar surface area (TPSA) is 29.0 Å². The molecule has 1 fully saturated rings. The molecule has 1 unspecified atom stereocenters. The molecule has 2 aromatic rings. The van der Waals surface area contributed by atoms with Crippen LogP contribution in [0.25, 0.3) is 10.2 Å². The van der Waals surface area contributed by atoms with Crippen LogP contribution in [0.3, 0.4) is 0 Å². The van der Waals surface area contributed by atoms with Crippen LogP contribution in [0.4, 0.5) is 5.95 Å². The molecule has 3 rings (SSSR count). The normalized spacial score (nSPS) is 19.8. The number of rotatable bonds is 4. The molecule has 2 aromatic heterocycles. The van der Waals surface area contributed by atoms with Crippen molar-refractivity contribution in [3.8, 4) is 0 Å². The Hall–Kier alpha value is -0.680. The number of alkyl halides is 1. The van der Waals surface area contributed by atoms with E-state index in [0.29, 0.717) is 6.04 Å². The summed E-state index contributed by atoms with van der Waals surface area (Å²) in [4.78, 5) is 12.7. The van der Waals surface area contributed by atoms with Crippen LogP contribution in [-0.2, 0) is 0 Å². The van der Waals surface area contributed by atoms with Gasteiger partial charge in [0.15, 0.2) is 0 Å². The maximum absolute atomic E-state index is 4.70. The fourth-order valence-corrected chi connectivity index (χ4v) is 3.66. The second kappa shape index (κ2) is 5.53. The molecule has 0 aromatic carbocycles. The van der Waals surface area contributed by atoms with E-state index in [1.165, 1.54) is 25.7 Å². The van der Waals surface area contributed by atoms with Crippen molar-refractivity contribution in [1.29, 1.82) is 0 Å². The first-order chi connectivity index (χ1) is 8.88. The quantitative estimate of drug-likeness (QED) is 0.800. The standard InChI is InChI=1S/C13H16BrN3S/c14-6-1-3-11-4-2-7-17(11)13-15-9-10-5-8-18-12(10)16-13/h5,8-9,11H,1-4,6-7H2. The fraction of sp³-hybridized carbons (Fsp3) is 0.538. The molecule has 0 bridgehead atoms. The molecule has 1 aliphatic heterocycles. The maximum Gasteiger partial charge on any atom is 0.226 e. The molecule has 0 radical (unpaired) electrons. The van der Waals surface area contributed by atoms with Gasteiger partial charge in [-0.05, 0) is 37.1 Å². The van der Waals surface area contributed by atoms with E-state index in [0.717, 1.165) is 28.0 Å². The highest BCUT2D eigenvalue weighted by Gasteiger charge is 2.26. The average molecular weight is 326 g/mol. The van der Waals surface area contributed by atoms with Crippen molar-refractivity contribution in [2.75, 3.05) is 16.8 Å². The van der Waals surface area contributed by atoms with Crippen molar-refractivity contribution in [2.24, 2.45) is 0 Å². The Kier molecular flexibility index (Phi) is 3.80. The molecule has 3 nitrogen and oxygen atoms in total. The van der Waals surface area contributed by atoms with Crippen LogP contribution in [0.1, 0.15) is 25.7 Å². The Labute approximate surface area is 119 Å². The lowest BCUT2D eigenvalue weighted by Gasteiger charge is -2.24. The predicted octanol–water partition coefficient (Wildman–Crippen LogP) is 3.84. The number of fused-ring (bicyclic) bond motifs is 1. The summed E-state index contributed by atoms with van der Waals surface area (Å²) < 4.78 is 0. The molecule has 1 atom stereocenters. The van der Waals surface area contributed by atoms with Gasteiger partial charge in [0.1, 0.15) is 4.83 Å². The first-order valence-corrected chi connectivity index (χ1v) is 8.41. The van der Waals surface area contributed by atoms with Crippen LogP contribution in [-0.4, -0.2) is 27.9 Å². The van der Waals surface area contributed by atoms with Gasteiger partial charge in [0.25, 0.3) is 0 Å². The number of thiophene rings is 1. The van der Waals surface area contributed by atoms with Crippen molar-refractivity contribution in [2.45, 2.75) is 31.7 Å². The summed E-state index contributed by atoms with van der Waals surface area (Å²) in [5.74, 6) is 0.919. The van der Waals surface area contributed by atoms with E-state index in [1.54, 1.807) is 11.3 Å². The summed E-state index contributed by atoms with van der Waals surface area (Å²) in [6, 6.07) is 2.70. The second-order valence-corrected chi connectivity index (χ2v) is 6.36. The molecule has 18 heavy (non-hydrogen) atoms. The molecule has 5 heteroatoms. The van der Waals surface area contributed by atoms with Gasteiger partial charge >= 0.3 is 0 Å². The van der Waals surface area contributed by atoms with Crippen LogP contribution in [0.5, 0.6) is 0 Å². The van der Waals surface area contributed by atoms with Crippen LogP contribution in [0.2, 0.25) is 0 Å². The molecule has 0 saturated carbocycles. The van der Waals surface area contributed by atoms with Gasteiger partial charge in [-0.1, -0.05) is 15.9 Å². The third kappa shape index (κ3) is 2.38. The number of aromatic nitrogens is 2. The zero-order valence-electron chi connectivity index (χ0n) is 10.2. The lowest BCUT2D eigenvalue weighted by molar-refractivity contribution is 0.596. The highest BCUT2D eigenvalue weighted by Crippen LogP contribution is 2.27. The minimum absolute atomic E-state index is 0.625. The lowest BCUT2D eigenvalue weighted by atomic mass is 10.1. The summed E-state index contributed by atoms with van der Waals surface area (Å²) in [6.07, 6.45) is 6.95. The van der Waals surface area contributed by atoms with Gasteiger partial charge < -0.3 is 4.90 Å². The molecule has 0 amide bonds. The monoisotopic (exact) mass is 325 g/mol. The lowest BCUT2D eigenvalue weighted by Crippen LogP contribution is -2.30. The van der Waals surface area contributed by atoms with Crippen LogP contribution in [0, 0.1) is 0 Å². The third-order valence-electron chi connectivity index (χ3n) is 3.50. The second-order valence-electron chi connectivity index (χ2n) is 4.67. The van der Waals surface area contributed by atoms with Gasteiger partial charge in [0, 0.05) is 29.5 Å². The van der Waals surface area contributed by atoms with Crippen LogP contribution < -0.4 is 4.90 Å². The Balaban J connectivity index is 1.83. The predicted molar refractivity (Wildman–Crippen MR) is 80.8 cm³/mol. The first-order valence-electron chi connectivity index (χ1n) is 6.41. The first kappa shape index (κ1) is 12.4. The van der Waals surface area contributed by atoms with E-state index < -0.39 is 0 Å². The van der Waals surface area contributed by atoms with Gasteiger partial charge in [0.05, 0.1) is 0 Å². The van der Waals surface area contributed by atoms with Crippen molar-refractivity contribution in [1.82, 2.24) is 9.97 Å². The molecule has 0 aliphatic carbocycles. The van der Waals surface area contributed by atoms with E-state index in [4.69, 9.17) is 4.98 Å². The van der Waals surface area contributed by atoms with Gasteiger partial charge in [-0.25, -0.2) is 9.97 Å². The van der Waals surface area contributed by atoms with E-state index >= 15 is 0 Å². The van der Waals surface area contributed by atoms with Crippen LogP contribution in [0.15, 0.2) is 17.6 Å². The minimum Gasteiger partial charge on any atom is -0.338 e. The highest BCUT2D eigenvalue weighted by molar-refractivity contribution is 9.09. The Morgan fingerprint density at radius 3 is 3.33 bits per heavy atom. The van der Waals surface area contributed by atoms with Gasteiger partial charge in [-0.3, -0.25) is 0 Å². The fourth-order valence-electron chi connectivity index (χ4n) is 2.60. The number of hydrogen-bond acceptors (Lipinski definition) is 4. The number of nitrogens with zero attached hydrogens (tertiary/aromatic N) is 3. The largest absolute Gasteiger partial charge is 0.338 e. The highest BCUT2D eigenvalue weighted by atomic mass is 79.9. The van der Waals surface area contributed by atoms with Gasteiger partial charge in [-0.15, -0.1) is 11.3 Å². The average Bonchev–Trinajstić information content (AvgIpc) is 3.03. The third-order valence-corrected chi connectivity index (χ3v) is 4.88. The Bertz CT molecular complexity index is 528.